The minimum Gasteiger partial charge on any atom is -0.374 e. The Kier molecular flexibility index (Phi) is 8.98. The summed E-state index contributed by atoms with van der Waals surface area (Å²) in [6, 6.07) is 7.81. The first-order chi connectivity index (χ1) is 17.0. The Balaban J connectivity index is 1.16. The van der Waals surface area contributed by atoms with Crippen molar-refractivity contribution < 1.29 is 14.4 Å². The summed E-state index contributed by atoms with van der Waals surface area (Å²) < 4.78 is 0. The molecule has 2 N–H and O–H groups in total. The van der Waals surface area contributed by atoms with Crippen LogP contribution in [0, 0.1) is 0 Å². The van der Waals surface area contributed by atoms with E-state index in [0.717, 1.165) is 83.1 Å². The second kappa shape index (κ2) is 12.4. The van der Waals surface area contributed by atoms with Gasteiger partial charge in [0.05, 0.1) is 0 Å². The van der Waals surface area contributed by atoms with Crippen LogP contribution in [0.15, 0.2) is 24.3 Å². The van der Waals surface area contributed by atoms with E-state index >= 15 is 0 Å². The van der Waals surface area contributed by atoms with Gasteiger partial charge in [-0.2, -0.15) is 0 Å². The van der Waals surface area contributed by atoms with E-state index in [2.05, 4.69) is 44.5 Å². The van der Waals surface area contributed by atoms with Crippen molar-refractivity contribution >= 4 is 29.1 Å². The summed E-state index contributed by atoms with van der Waals surface area (Å²) >= 11 is 0. The predicted molar refractivity (Wildman–Crippen MR) is 137 cm³/mol. The Bertz CT molecular complexity index is 880. The predicted octanol–water partition coefficient (Wildman–Crippen LogP) is 1.36. The van der Waals surface area contributed by atoms with Crippen molar-refractivity contribution in [1.82, 2.24) is 20.0 Å². The lowest BCUT2D eigenvalue weighted by molar-refractivity contribution is -0.134. The van der Waals surface area contributed by atoms with Crippen molar-refractivity contribution in [3.05, 3.63) is 24.3 Å². The van der Waals surface area contributed by atoms with E-state index in [-0.39, 0.29) is 17.9 Å². The highest BCUT2D eigenvalue weighted by Crippen LogP contribution is 2.22. The molecule has 0 bridgehead atoms. The number of nitrogens with one attached hydrogen (secondary N) is 2. The second-order valence-electron chi connectivity index (χ2n) is 10.0. The second-order valence-corrected chi connectivity index (χ2v) is 10.0. The summed E-state index contributed by atoms with van der Waals surface area (Å²) in [5.41, 5.74) is 2.05. The van der Waals surface area contributed by atoms with Gasteiger partial charge in [0.2, 0.25) is 17.7 Å². The molecular formula is C26H40N6O3. The highest BCUT2D eigenvalue weighted by atomic mass is 16.2. The number of hydrogen-bond acceptors (Lipinski definition) is 7. The van der Waals surface area contributed by atoms with Crippen molar-refractivity contribution in [3.8, 4) is 0 Å². The van der Waals surface area contributed by atoms with E-state index in [1.165, 1.54) is 6.42 Å². The van der Waals surface area contributed by atoms with Crippen LogP contribution in [0.2, 0.25) is 0 Å². The number of likely N-dealkylation sites (tertiary alicyclic amines) is 1. The van der Waals surface area contributed by atoms with Crippen LogP contribution >= 0.6 is 0 Å². The van der Waals surface area contributed by atoms with E-state index in [1.54, 1.807) is 0 Å². The van der Waals surface area contributed by atoms with E-state index in [0.29, 0.717) is 25.2 Å². The molecule has 3 fully saturated rings. The molecule has 3 aliphatic rings. The van der Waals surface area contributed by atoms with E-state index < -0.39 is 0 Å². The Labute approximate surface area is 208 Å². The number of hydrogen-bond donors (Lipinski definition) is 2. The third-order valence-corrected chi connectivity index (χ3v) is 7.38. The van der Waals surface area contributed by atoms with Gasteiger partial charge >= 0.3 is 0 Å². The van der Waals surface area contributed by atoms with Gasteiger partial charge in [0.15, 0.2) is 0 Å². The number of piperidine rings is 2. The van der Waals surface area contributed by atoms with Crippen LogP contribution in [0.4, 0.5) is 11.4 Å². The van der Waals surface area contributed by atoms with Crippen LogP contribution in [-0.4, -0.2) is 104 Å². The zero-order valence-corrected chi connectivity index (χ0v) is 21.0. The van der Waals surface area contributed by atoms with Crippen LogP contribution in [0.25, 0.3) is 0 Å². The van der Waals surface area contributed by atoms with Gasteiger partial charge < -0.3 is 20.0 Å². The molecule has 0 aromatic heterocycles. The molecule has 3 saturated heterocycles. The molecule has 4 rings (SSSR count). The first-order valence-electron chi connectivity index (χ1n) is 13.1. The van der Waals surface area contributed by atoms with E-state index in [1.807, 2.05) is 17.0 Å². The summed E-state index contributed by atoms with van der Waals surface area (Å²) in [6.45, 7) is 8.60. The van der Waals surface area contributed by atoms with Crippen LogP contribution in [0.3, 0.4) is 0 Å². The SMILES string of the molecule is CN(CCC(=O)N1CCCCC1)CCN1CCN(c2cccc(NC3CCC(=O)NC3=O)c2)CC1. The fourth-order valence-electron chi connectivity index (χ4n) is 5.07. The van der Waals surface area contributed by atoms with Crippen molar-refractivity contribution in [2.75, 3.05) is 76.2 Å². The molecule has 1 unspecified atom stereocenters. The normalized spacial score (nSPS) is 21.8. The molecule has 9 heteroatoms. The molecule has 3 aliphatic heterocycles. The number of benzene rings is 1. The van der Waals surface area contributed by atoms with Crippen molar-refractivity contribution in [1.29, 1.82) is 0 Å². The zero-order valence-electron chi connectivity index (χ0n) is 21.0. The molecule has 0 spiro atoms. The summed E-state index contributed by atoms with van der Waals surface area (Å²) in [7, 11) is 2.11. The summed E-state index contributed by atoms with van der Waals surface area (Å²) in [5.74, 6) is -0.141. The van der Waals surface area contributed by atoms with Crippen molar-refractivity contribution in [2.45, 2.75) is 44.6 Å². The fraction of sp³-hybridized carbons (Fsp3) is 0.654. The number of carbonyl (C=O) groups excluding carboxylic acids is 3. The maximum absolute atomic E-state index is 12.4. The number of rotatable bonds is 9. The smallest absolute Gasteiger partial charge is 0.249 e. The number of nitrogens with zero attached hydrogens (tertiary/aromatic N) is 4. The zero-order chi connectivity index (χ0) is 24.6. The van der Waals surface area contributed by atoms with Gasteiger partial charge in [-0.05, 0) is 50.9 Å². The largest absolute Gasteiger partial charge is 0.374 e. The quantitative estimate of drug-likeness (QED) is 0.512. The molecular weight excluding hydrogens is 444 g/mol. The summed E-state index contributed by atoms with van der Waals surface area (Å²) in [4.78, 5) is 45.0. The molecule has 192 valence electrons. The summed E-state index contributed by atoms with van der Waals surface area (Å²) in [6.07, 6.45) is 5.06. The molecule has 35 heavy (non-hydrogen) atoms. The molecule has 3 amide bonds. The molecule has 9 nitrogen and oxygen atoms in total. The van der Waals surface area contributed by atoms with Crippen LogP contribution in [-0.2, 0) is 14.4 Å². The number of carbonyl (C=O) groups is 3. The number of imide groups is 1. The van der Waals surface area contributed by atoms with Gasteiger partial charge in [0.25, 0.3) is 0 Å². The fourth-order valence-corrected chi connectivity index (χ4v) is 5.07. The molecule has 1 atom stereocenters. The Morgan fingerprint density at radius 1 is 1.06 bits per heavy atom. The average Bonchev–Trinajstić information content (AvgIpc) is 2.88. The van der Waals surface area contributed by atoms with Crippen molar-refractivity contribution in [3.63, 3.8) is 0 Å². The summed E-state index contributed by atoms with van der Waals surface area (Å²) in [5, 5.41) is 5.68. The van der Waals surface area contributed by atoms with E-state index in [4.69, 9.17) is 0 Å². The third kappa shape index (κ3) is 7.41. The van der Waals surface area contributed by atoms with Gasteiger partial charge in [0.1, 0.15) is 6.04 Å². The number of anilines is 2. The number of piperazine rings is 1. The van der Waals surface area contributed by atoms with Gasteiger partial charge in [-0.3, -0.25) is 24.6 Å². The third-order valence-electron chi connectivity index (χ3n) is 7.38. The van der Waals surface area contributed by atoms with Gasteiger partial charge in [-0.1, -0.05) is 6.07 Å². The molecule has 0 radical (unpaired) electrons. The van der Waals surface area contributed by atoms with E-state index in [9.17, 15) is 14.4 Å². The molecule has 0 aliphatic carbocycles. The van der Waals surface area contributed by atoms with Gasteiger partial charge in [0, 0.05) is 83.1 Å². The topological polar surface area (TPSA) is 88.2 Å². The average molecular weight is 485 g/mol. The van der Waals surface area contributed by atoms with Crippen LogP contribution in [0.5, 0.6) is 0 Å². The van der Waals surface area contributed by atoms with Gasteiger partial charge in [-0.25, -0.2) is 0 Å². The van der Waals surface area contributed by atoms with Crippen molar-refractivity contribution in [2.24, 2.45) is 0 Å². The first-order valence-corrected chi connectivity index (χ1v) is 13.1. The highest BCUT2D eigenvalue weighted by Gasteiger charge is 2.26. The Hall–Kier alpha value is -2.65. The van der Waals surface area contributed by atoms with Crippen LogP contribution in [0.1, 0.15) is 38.5 Å². The minimum absolute atomic E-state index is 0.197. The molecule has 1 aromatic carbocycles. The first kappa shape index (κ1) is 25.4. The standard InChI is InChI=1S/C26H40N6O3/c1-29(13-10-25(34)32-11-3-2-4-12-32)14-15-30-16-18-31(19-17-30)22-7-5-6-21(20-22)27-23-8-9-24(33)28-26(23)35/h5-7,20,23,27H,2-4,8-19H2,1H3,(H,28,33,35). The molecule has 1 aromatic rings. The number of amides is 3. The van der Waals surface area contributed by atoms with Crippen LogP contribution < -0.4 is 15.5 Å². The lowest BCUT2D eigenvalue weighted by Gasteiger charge is -2.37. The van der Waals surface area contributed by atoms with Gasteiger partial charge in [-0.15, -0.1) is 0 Å². The highest BCUT2D eigenvalue weighted by molar-refractivity contribution is 6.01. The maximum atomic E-state index is 12.4. The number of likely N-dealkylation sites (N-methyl/N-ethyl adjacent to an activating group) is 1. The lowest BCUT2D eigenvalue weighted by Crippen LogP contribution is -2.48. The Morgan fingerprint density at radius 2 is 1.83 bits per heavy atom. The lowest BCUT2D eigenvalue weighted by atomic mass is 10.1. The maximum Gasteiger partial charge on any atom is 0.249 e. The monoisotopic (exact) mass is 484 g/mol. The minimum atomic E-state index is -0.369. The molecule has 0 saturated carbocycles. The molecule has 3 heterocycles. The Morgan fingerprint density at radius 3 is 2.57 bits per heavy atom.